The fraction of sp³-hybridized carbons (Fsp3) is 0.235. The van der Waals surface area contributed by atoms with Crippen LogP contribution in [-0.4, -0.2) is 25.5 Å². The van der Waals surface area contributed by atoms with Gasteiger partial charge in [-0.25, -0.2) is 8.78 Å². The lowest BCUT2D eigenvalue weighted by Crippen LogP contribution is -2.21. The standard InChI is InChI=1S/C17H14BrCl2F2N5O/c1-9-4-14(16(21)22)27(24-9)8-15(28)23-17-11(18)7-26(25-17)6-10-2-3-12(19)13(20)5-10/h2-5,7,16H,6,8H2,1H3,(H,23,25,28). The van der Waals surface area contributed by atoms with Gasteiger partial charge in [-0.3, -0.25) is 14.2 Å². The highest BCUT2D eigenvalue weighted by Gasteiger charge is 2.18. The van der Waals surface area contributed by atoms with Crippen LogP contribution in [0.25, 0.3) is 0 Å². The van der Waals surface area contributed by atoms with Crippen molar-refractivity contribution in [2.75, 3.05) is 5.32 Å². The van der Waals surface area contributed by atoms with Gasteiger partial charge in [-0.2, -0.15) is 10.2 Å². The van der Waals surface area contributed by atoms with Gasteiger partial charge in [-0.1, -0.05) is 29.3 Å². The molecule has 1 N–H and O–H groups in total. The van der Waals surface area contributed by atoms with Crippen LogP contribution in [0.15, 0.2) is 34.9 Å². The summed E-state index contributed by atoms with van der Waals surface area (Å²) in [5.41, 5.74) is 0.975. The van der Waals surface area contributed by atoms with Gasteiger partial charge in [0.1, 0.15) is 12.2 Å². The zero-order valence-corrected chi connectivity index (χ0v) is 17.6. The number of alkyl halides is 2. The molecular weight excluding hydrogens is 479 g/mol. The molecule has 0 aliphatic heterocycles. The van der Waals surface area contributed by atoms with Crippen molar-refractivity contribution in [1.29, 1.82) is 0 Å². The fourth-order valence-electron chi connectivity index (χ4n) is 2.56. The first-order chi connectivity index (χ1) is 13.2. The van der Waals surface area contributed by atoms with Crippen LogP contribution in [0.1, 0.15) is 23.4 Å². The van der Waals surface area contributed by atoms with Gasteiger partial charge < -0.3 is 5.32 Å². The molecule has 3 rings (SSSR count). The molecule has 2 heterocycles. The molecular formula is C17H14BrCl2F2N5O. The number of nitrogens with one attached hydrogen (secondary N) is 1. The maximum absolute atomic E-state index is 13.0. The first-order valence-electron chi connectivity index (χ1n) is 8.02. The van der Waals surface area contributed by atoms with E-state index in [0.717, 1.165) is 10.2 Å². The Balaban J connectivity index is 1.69. The second-order valence-electron chi connectivity index (χ2n) is 5.99. The number of carbonyl (C=O) groups excluding carboxylic acids is 1. The highest BCUT2D eigenvalue weighted by Crippen LogP contribution is 2.25. The van der Waals surface area contributed by atoms with Crippen molar-refractivity contribution in [2.45, 2.75) is 26.4 Å². The van der Waals surface area contributed by atoms with Gasteiger partial charge in [0, 0.05) is 6.20 Å². The smallest absolute Gasteiger partial charge is 0.280 e. The van der Waals surface area contributed by atoms with Crippen molar-refractivity contribution < 1.29 is 13.6 Å². The number of hydrogen-bond acceptors (Lipinski definition) is 3. The summed E-state index contributed by atoms with van der Waals surface area (Å²) in [6, 6.07) is 6.48. The number of anilines is 1. The lowest BCUT2D eigenvalue weighted by Gasteiger charge is -2.07. The van der Waals surface area contributed by atoms with Gasteiger partial charge in [-0.05, 0) is 46.6 Å². The van der Waals surface area contributed by atoms with Gasteiger partial charge in [0.25, 0.3) is 6.43 Å². The molecule has 11 heteroatoms. The summed E-state index contributed by atoms with van der Waals surface area (Å²) in [4.78, 5) is 12.2. The van der Waals surface area contributed by atoms with Gasteiger partial charge in [0.05, 0.1) is 26.8 Å². The lowest BCUT2D eigenvalue weighted by atomic mass is 10.2. The minimum absolute atomic E-state index is 0.271. The van der Waals surface area contributed by atoms with E-state index in [1.165, 1.54) is 6.07 Å². The molecule has 0 fully saturated rings. The van der Waals surface area contributed by atoms with E-state index in [0.29, 0.717) is 26.8 Å². The first-order valence-corrected chi connectivity index (χ1v) is 9.57. The van der Waals surface area contributed by atoms with Crippen molar-refractivity contribution in [2.24, 2.45) is 0 Å². The second-order valence-corrected chi connectivity index (χ2v) is 7.66. The van der Waals surface area contributed by atoms with E-state index in [1.54, 1.807) is 29.9 Å². The summed E-state index contributed by atoms with van der Waals surface area (Å²) in [5.74, 6) is -0.252. The number of carbonyl (C=O) groups is 1. The minimum atomic E-state index is -2.72. The highest BCUT2D eigenvalue weighted by molar-refractivity contribution is 9.10. The van der Waals surface area contributed by atoms with E-state index in [-0.39, 0.29) is 18.1 Å². The van der Waals surface area contributed by atoms with Crippen molar-refractivity contribution in [3.05, 3.63) is 61.9 Å². The maximum Gasteiger partial charge on any atom is 0.280 e. The number of hydrogen-bond donors (Lipinski definition) is 1. The molecule has 0 radical (unpaired) electrons. The van der Waals surface area contributed by atoms with E-state index >= 15 is 0 Å². The fourth-order valence-corrected chi connectivity index (χ4v) is 3.30. The van der Waals surface area contributed by atoms with Gasteiger partial charge >= 0.3 is 0 Å². The van der Waals surface area contributed by atoms with Crippen molar-refractivity contribution in [3.8, 4) is 0 Å². The third kappa shape index (κ3) is 4.89. The molecule has 0 aliphatic carbocycles. The van der Waals surface area contributed by atoms with Crippen LogP contribution in [-0.2, 0) is 17.9 Å². The summed E-state index contributed by atoms with van der Waals surface area (Å²) >= 11 is 15.2. The number of aryl methyl sites for hydroxylation is 1. The molecule has 0 atom stereocenters. The van der Waals surface area contributed by atoms with E-state index in [2.05, 4.69) is 31.4 Å². The number of benzene rings is 1. The molecule has 28 heavy (non-hydrogen) atoms. The van der Waals surface area contributed by atoms with E-state index in [4.69, 9.17) is 23.2 Å². The zero-order chi connectivity index (χ0) is 20.4. The Morgan fingerprint density at radius 3 is 2.68 bits per heavy atom. The Hall–Kier alpha value is -1.97. The molecule has 0 bridgehead atoms. The molecule has 0 aliphatic rings. The predicted octanol–water partition coefficient (Wildman–Crippen LogP) is 5.08. The zero-order valence-electron chi connectivity index (χ0n) is 14.5. The summed E-state index contributed by atoms with van der Waals surface area (Å²) in [6.07, 6.45) is -1.04. The van der Waals surface area contributed by atoms with Gasteiger partial charge in [-0.15, -0.1) is 0 Å². The topological polar surface area (TPSA) is 64.7 Å². The summed E-state index contributed by atoms with van der Waals surface area (Å²) in [6.45, 7) is 1.64. The quantitative estimate of drug-likeness (QED) is 0.521. The molecule has 3 aromatic rings. The predicted molar refractivity (Wildman–Crippen MR) is 106 cm³/mol. The molecule has 0 unspecified atom stereocenters. The van der Waals surface area contributed by atoms with Crippen LogP contribution in [0.2, 0.25) is 10.0 Å². The highest BCUT2D eigenvalue weighted by atomic mass is 79.9. The van der Waals surface area contributed by atoms with Crippen LogP contribution in [0.4, 0.5) is 14.6 Å². The maximum atomic E-state index is 13.0. The first kappa shape index (κ1) is 20.8. The summed E-state index contributed by atoms with van der Waals surface area (Å²) < 4.78 is 29.2. The molecule has 6 nitrogen and oxygen atoms in total. The molecule has 0 spiro atoms. The van der Waals surface area contributed by atoms with Crippen LogP contribution in [0, 0.1) is 6.92 Å². The average molecular weight is 493 g/mol. The number of rotatable bonds is 6. The van der Waals surface area contributed by atoms with E-state index in [9.17, 15) is 13.6 Å². The van der Waals surface area contributed by atoms with Gasteiger partial charge in [0.15, 0.2) is 5.82 Å². The van der Waals surface area contributed by atoms with Crippen LogP contribution in [0.3, 0.4) is 0 Å². The third-order valence-corrected chi connectivity index (χ3v) is 5.07. The van der Waals surface area contributed by atoms with E-state index in [1.807, 2.05) is 6.07 Å². The van der Waals surface area contributed by atoms with Crippen LogP contribution in [0.5, 0.6) is 0 Å². The van der Waals surface area contributed by atoms with Crippen molar-refractivity contribution in [1.82, 2.24) is 19.6 Å². The van der Waals surface area contributed by atoms with Crippen LogP contribution < -0.4 is 5.32 Å². The minimum Gasteiger partial charge on any atom is -0.307 e. The Bertz CT molecular complexity index is 1020. The largest absolute Gasteiger partial charge is 0.307 e. The number of amides is 1. The summed E-state index contributed by atoms with van der Waals surface area (Å²) in [7, 11) is 0. The number of nitrogens with zero attached hydrogens (tertiary/aromatic N) is 4. The Morgan fingerprint density at radius 1 is 1.25 bits per heavy atom. The monoisotopic (exact) mass is 491 g/mol. The Morgan fingerprint density at radius 2 is 2.00 bits per heavy atom. The molecule has 0 saturated carbocycles. The van der Waals surface area contributed by atoms with Crippen molar-refractivity contribution in [3.63, 3.8) is 0 Å². The molecule has 1 aromatic carbocycles. The number of aromatic nitrogens is 4. The normalized spacial score (nSPS) is 11.2. The molecule has 2 aromatic heterocycles. The third-order valence-electron chi connectivity index (χ3n) is 3.75. The van der Waals surface area contributed by atoms with E-state index < -0.39 is 12.3 Å². The van der Waals surface area contributed by atoms with Crippen LogP contribution >= 0.6 is 39.1 Å². The van der Waals surface area contributed by atoms with Gasteiger partial charge in [0.2, 0.25) is 5.91 Å². The SMILES string of the molecule is Cc1cc(C(F)F)n(CC(=O)Nc2nn(Cc3ccc(Cl)c(Cl)c3)cc2Br)n1. The summed E-state index contributed by atoms with van der Waals surface area (Å²) in [5, 5.41) is 11.7. The number of halogens is 5. The molecule has 0 saturated heterocycles. The lowest BCUT2D eigenvalue weighted by molar-refractivity contribution is -0.117. The molecule has 1 amide bonds. The second kappa shape index (κ2) is 8.59. The Kier molecular flexibility index (Phi) is 6.36. The molecule has 148 valence electrons. The Labute approximate surface area is 177 Å². The van der Waals surface area contributed by atoms with Crippen molar-refractivity contribution >= 4 is 50.9 Å². The average Bonchev–Trinajstić information content (AvgIpc) is 3.13.